The van der Waals surface area contributed by atoms with Gasteiger partial charge in [-0.1, -0.05) is 37.1 Å². The summed E-state index contributed by atoms with van der Waals surface area (Å²) in [5.41, 5.74) is 6.73. The van der Waals surface area contributed by atoms with Gasteiger partial charge in [0.1, 0.15) is 0 Å². The van der Waals surface area contributed by atoms with Crippen LogP contribution in [0.5, 0.6) is 0 Å². The third-order valence-corrected chi connectivity index (χ3v) is 3.95. The minimum absolute atomic E-state index is 0.0417. The summed E-state index contributed by atoms with van der Waals surface area (Å²) >= 11 is 5.87. The Labute approximate surface area is 120 Å². The van der Waals surface area contributed by atoms with Crippen LogP contribution in [0.3, 0.4) is 0 Å². The van der Waals surface area contributed by atoms with Crippen molar-refractivity contribution in [1.82, 2.24) is 4.90 Å². The molecule has 2 atom stereocenters. The number of hydrogen-bond donors (Lipinski definition) is 1. The van der Waals surface area contributed by atoms with Crippen LogP contribution in [0.1, 0.15) is 38.3 Å². The molecule has 0 radical (unpaired) electrons. The highest BCUT2D eigenvalue weighted by Gasteiger charge is 2.19. The Kier molecular flexibility index (Phi) is 6.32. The molecule has 1 aromatic rings. The Hall–Kier alpha value is -1.06. The van der Waals surface area contributed by atoms with Crippen LogP contribution in [-0.4, -0.2) is 24.4 Å². The van der Waals surface area contributed by atoms with Crippen molar-refractivity contribution in [1.29, 1.82) is 0 Å². The summed E-state index contributed by atoms with van der Waals surface area (Å²) < 4.78 is 0. The van der Waals surface area contributed by atoms with E-state index in [1.165, 1.54) is 0 Å². The van der Waals surface area contributed by atoms with E-state index in [4.69, 9.17) is 17.3 Å². The van der Waals surface area contributed by atoms with Gasteiger partial charge in [0.25, 0.3) is 0 Å². The largest absolute Gasteiger partial charge is 0.339 e. The van der Waals surface area contributed by atoms with Crippen LogP contribution in [0.2, 0.25) is 5.02 Å². The van der Waals surface area contributed by atoms with Crippen LogP contribution >= 0.6 is 11.6 Å². The second-order valence-corrected chi connectivity index (χ2v) is 5.38. The molecule has 0 fully saturated rings. The lowest BCUT2D eigenvalue weighted by Gasteiger charge is -2.27. The number of rotatable bonds is 6. The predicted molar refractivity (Wildman–Crippen MR) is 80.1 cm³/mol. The molecular formula is C15H23ClN2O. The molecule has 0 saturated carbocycles. The fourth-order valence-electron chi connectivity index (χ4n) is 1.97. The summed E-state index contributed by atoms with van der Waals surface area (Å²) in [6, 6.07) is 7.65. The van der Waals surface area contributed by atoms with Crippen molar-refractivity contribution in [3.8, 4) is 0 Å². The molecule has 2 N–H and O–H groups in total. The maximum absolute atomic E-state index is 12.2. The number of nitrogens with two attached hydrogens (primary N) is 1. The second-order valence-electron chi connectivity index (χ2n) is 4.95. The Balaban J connectivity index is 2.68. The third kappa shape index (κ3) is 4.51. The number of carbonyl (C=O) groups excluding carboxylic acids is 1. The molecule has 3 nitrogen and oxygen atoms in total. The van der Waals surface area contributed by atoms with E-state index in [1.54, 1.807) is 4.90 Å². The molecule has 0 saturated heterocycles. The highest BCUT2D eigenvalue weighted by molar-refractivity contribution is 6.30. The van der Waals surface area contributed by atoms with E-state index in [-0.39, 0.29) is 17.9 Å². The summed E-state index contributed by atoms with van der Waals surface area (Å²) in [6.07, 6.45) is 1.45. The van der Waals surface area contributed by atoms with E-state index >= 15 is 0 Å². The van der Waals surface area contributed by atoms with E-state index < -0.39 is 0 Å². The summed E-state index contributed by atoms with van der Waals surface area (Å²) in [5.74, 6) is 0.409. The quantitative estimate of drug-likeness (QED) is 0.871. The monoisotopic (exact) mass is 282 g/mol. The van der Waals surface area contributed by atoms with Gasteiger partial charge in [-0.05, 0) is 37.1 Å². The molecule has 0 aromatic heterocycles. The fraction of sp³-hybridized carbons (Fsp3) is 0.533. The number of benzene rings is 1. The first-order valence-electron chi connectivity index (χ1n) is 6.70. The summed E-state index contributed by atoms with van der Waals surface area (Å²) in [5, 5.41) is 0.708. The molecule has 1 aromatic carbocycles. The van der Waals surface area contributed by atoms with Gasteiger partial charge in [-0.15, -0.1) is 0 Å². The number of carbonyl (C=O) groups is 1. The minimum Gasteiger partial charge on any atom is -0.339 e. The van der Waals surface area contributed by atoms with Crippen molar-refractivity contribution >= 4 is 17.5 Å². The predicted octanol–water partition coefficient (Wildman–Crippen LogP) is 3.23. The highest BCUT2D eigenvalue weighted by Crippen LogP contribution is 2.22. The van der Waals surface area contributed by atoms with Crippen molar-refractivity contribution in [3.05, 3.63) is 34.9 Å². The molecular weight excluding hydrogens is 260 g/mol. The first kappa shape index (κ1) is 16.0. The van der Waals surface area contributed by atoms with Crippen molar-refractivity contribution in [2.45, 2.75) is 32.7 Å². The average molecular weight is 283 g/mol. The molecule has 0 aliphatic carbocycles. The normalized spacial score (nSPS) is 13.9. The topological polar surface area (TPSA) is 46.3 Å². The Morgan fingerprint density at radius 3 is 2.42 bits per heavy atom. The van der Waals surface area contributed by atoms with Crippen molar-refractivity contribution in [3.63, 3.8) is 0 Å². The molecule has 0 heterocycles. The molecule has 106 valence electrons. The lowest BCUT2D eigenvalue weighted by molar-refractivity contribution is -0.132. The van der Waals surface area contributed by atoms with E-state index in [2.05, 4.69) is 6.92 Å². The van der Waals surface area contributed by atoms with E-state index in [0.717, 1.165) is 12.0 Å². The zero-order valence-corrected chi connectivity index (χ0v) is 12.7. The van der Waals surface area contributed by atoms with Crippen LogP contribution < -0.4 is 5.73 Å². The minimum atomic E-state index is 0.0417. The number of nitrogens with zero attached hydrogens (tertiary/aromatic N) is 1. The van der Waals surface area contributed by atoms with Gasteiger partial charge in [0.05, 0.1) is 6.04 Å². The smallest absolute Gasteiger partial charge is 0.223 e. The number of halogens is 1. The third-order valence-electron chi connectivity index (χ3n) is 3.70. The average Bonchev–Trinajstić information content (AvgIpc) is 2.43. The van der Waals surface area contributed by atoms with Gasteiger partial charge in [-0.2, -0.15) is 0 Å². The first-order chi connectivity index (χ1) is 8.99. The van der Waals surface area contributed by atoms with Gasteiger partial charge in [0.15, 0.2) is 0 Å². The number of amides is 1. The molecule has 2 unspecified atom stereocenters. The molecule has 1 amide bonds. The second kappa shape index (κ2) is 7.51. The highest BCUT2D eigenvalue weighted by atomic mass is 35.5. The van der Waals surface area contributed by atoms with Gasteiger partial charge >= 0.3 is 0 Å². The maximum atomic E-state index is 12.2. The lowest BCUT2D eigenvalue weighted by atomic mass is 10.0. The Bertz CT molecular complexity index is 401. The Morgan fingerprint density at radius 2 is 1.95 bits per heavy atom. The zero-order valence-electron chi connectivity index (χ0n) is 11.9. The molecule has 19 heavy (non-hydrogen) atoms. The van der Waals surface area contributed by atoms with Crippen LogP contribution in [0.15, 0.2) is 24.3 Å². The zero-order chi connectivity index (χ0) is 14.4. The van der Waals surface area contributed by atoms with Crippen LogP contribution in [0.4, 0.5) is 0 Å². The van der Waals surface area contributed by atoms with Crippen molar-refractivity contribution in [2.24, 2.45) is 11.7 Å². The summed E-state index contributed by atoms with van der Waals surface area (Å²) in [6.45, 7) is 4.64. The van der Waals surface area contributed by atoms with Gasteiger partial charge < -0.3 is 10.6 Å². The molecule has 1 rings (SSSR count). The summed E-state index contributed by atoms with van der Waals surface area (Å²) in [4.78, 5) is 14.0. The Morgan fingerprint density at radius 1 is 1.37 bits per heavy atom. The number of hydrogen-bond acceptors (Lipinski definition) is 2. The van der Waals surface area contributed by atoms with Gasteiger partial charge in [0, 0.05) is 18.5 Å². The standard InChI is InChI=1S/C15H23ClN2O/c1-4-12(10-17)9-15(19)18(3)11(2)13-5-7-14(16)8-6-13/h5-8,11-12H,4,9-10,17H2,1-3H3. The van der Waals surface area contributed by atoms with Crippen LogP contribution in [-0.2, 0) is 4.79 Å². The maximum Gasteiger partial charge on any atom is 0.223 e. The lowest BCUT2D eigenvalue weighted by Crippen LogP contribution is -2.32. The molecule has 0 aliphatic heterocycles. The molecule has 0 bridgehead atoms. The van der Waals surface area contributed by atoms with Gasteiger partial charge in [-0.3, -0.25) is 4.79 Å². The van der Waals surface area contributed by atoms with Gasteiger partial charge in [0.2, 0.25) is 5.91 Å². The van der Waals surface area contributed by atoms with E-state index in [1.807, 2.05) is 38.2 Å². The summed E-state index contributed by atoms with van der Waals surface area (Å²) in [7, 11) is 1.84. The molecule has 0 aliphatic rings. The molecule has 0 spiro atoms. The molecule has 4 heteroatoms. The van der Waals surface area contributed by atoms with Crippen LogP contribution in [0, 0.1) is 5.92 Å². The van der Waals surface area contributed by atoms with Crippen LogP contribution in [0.25, 0.3) is 0 Å². The van der Waals surface area contributed by atoms with Crippen molar-refractivity contribution < 1.29 is 4.79 Å². The van der Waals surface area contributed by atoms with E-state index in [9.17, 15) is 4.79 Å². The van der Waals surface area contributed by atoms with Crippen molar-refractivity contribution in [2.75, 3.05) is 13.6 Å². The SMILES string of the molecule is CCC(CN)CC(=O)N(C)C(C)c1ccc(Cl)cc1. The first-order valence-corrected chi connectivity index (χ1v) is 7.08. The fourth-order valence-corrected chi connectivity index (χ4v) is 2.09. The van der Waals surface area contributed by atoms with Gasteiger partial charge in [-0.25, -0.2) is 0 Å². The van der Waals surface area contributed by atoms with E-state index in [0.29, 0.717) is 18.0 Å².